The van der Waals surface area contributed by atoms with Crippen LogP contribution in [-0.2, 0) is 14.3 Å². The molecule has 7 nitrogen and oxygen atoms in total. The predicted molar refractivity (Wildman–Crippen MR) is 99.4 cm³/mol. The van der Waals surface area contributed by atoms with Crippen LogP contribution in [0.1, 0.15) is 6.92 Å². The van der Waals surface area contributed by atoms with Crippen LogP contribution in [0.5, 0.6) is 0 Å². The number of thioether (sulfide) groups is 1. The zero-order valence-electron chi connectivity index (χ0n) is 14.0. The van der Waals surface area contributed by atoms with Crippen LogP contribution in [0.2, 0.25) is 5.02 Å². The van der Waals surface area contributed by atoms with Gasteiger partial charge in [0.2, 0.25) is 0 Å². The van der Waals surface area contributed by atoms with Crippen molar-refractivity contribution >= 4 is 46.6 Å². The van der Waals surface area contributed by atoms with Gasteiger partial charge in [-0.25, -0.2) is 4.39 Å². The van der Waals surface area contributed by atoms with Crippen molar-refractivity contribution < 1.29 is 23.6 Å². The molecule has 0 aromatic heterocycles. The van der Waals surface area contributed by atoms with Gasteiger partial charge >= 0.3 is 5.97 Å². The Balaban J connectivity index is 1.83. The molecule has 1 N–H and O–H groups in total. The third-order valence-electron chi connectivity index (χ3n) is 3.27. The number of nitro benzene ring substituents is 1. The van der Waals surface area contributed by atoms with E-state index < -0.39 is 28.7 Å². The lowest BCUT2D eigenvalue weighted by Crippen LogP contribution is -2.30. The summed E-state index contributed by atoms with van der Waals surface area (Å²) >= 11 is 6.94. The number of esters is 1. The van der Waals surface area contributed by atoms with Gasteiger partial charge in [0.25, 0.3) is 11.6 Å². The van der Waals surface area contributed by atoms with Gasteiger partial charge in [-0.2, -0.15) is 0 Å². The molecule has 0 aliphatic rings. The second-order valence-electron chi connectivity index (χ2n) is 5.29. The standard InChI is InChI=1S/C17H14ClFN2O5S/c1-10(17(23)20-15-7-2-11(19)8-14(15)18)26-16(22)9-27-13-5-3-12(4-6-13)21(24)25/h2-8,10H,9H2,1H3,(H,20,23)/t10-/m1/s1. The van der Waals surface area contributed by atoms with E-state index in [1.165, 1.54) is 37.3 Å². The van der Waals surface area contributed by atoms with E-state index in [0.29, 0.717) is 4.90 Å². The van der Waals surface area contributed by atoms with Crippen molar-refractivity contribution in [1.82, 2.24) is 0 Å². The van der Waals surface area contributed by atoms with E-state index in [4.69, 9.17) is 16.3 Å². The number of nitrogens with zero attached hydrogens (tertiary/aromatic N) is 1. The first-order valence-electron chi connectivity index (χ1n) is 7.59. The SMILES string of the molecule is C[C@@H](OC(=O)CSc1ccc([N+](=O)[O-])cc1)C(=O)Nc1ccc(F)cc1Cl. The van der Waals surface area contributed by atoms with Crippen molar-refractivity contribution in [3.8, 4) is 0 Å². The van der Waals surface area contributed by atoms with Crippen LogP contribution in [0.25, 0.3) is 0 Å². The summed E-state index contributed by atoms with van der Waals surface area (Å²) in [6.07, 6.45) is -1.09. The summed E-state index contributed by atoms with van der Waals surface area (Å²) < 4.78 is 18.0. The summed E-state index contributed by atoms with van der Waals surface area (Å²) in [5.74, 6) is -1.86. The highest BCUT2D eigenvalue weighted by Crippen LogP contribution is 2.23. The van der Waals surface area contributed by atoms with Gasteiger partial charge in [0.05, 0.1) is 21.4 Å². The number of nitro groups is 1. The number of nitrogens with one attached hydrogen (secondary N) is 1. The average Bonchev–Trinajstić information content (AvgIpc) is 2.62. The molecule has 0 radical (unpaired) electrons. The molecule has 0 aliphatic carbocycles. The van der Waals surface area contributed by atoms with Gasteiger partial charge in [0.15, 0.2) is 6.10 Å². The third-order valence-corrected chi connectivity index (χ3v) is 4.57. The molecule has 10 heteroatoms. The van der Waals surface area contributed by atoms with Gasteiger partial charge in [-0.05, 0) is 37.3 Å². The van der Waals surface area contributed by atoms with E-state index >= 15 is 0 Å². The molecular formula is C17H14ClFN2O5S. The molecule has 1 amide bonds. The minimum Gasteiger partial charge on any atom is -0.452 e. The van der Waals surface area contributed by atoms with Crippen LogP contribution in [0.4, 0.5) is 15.8 Å². The minimum atomic E-state index is -1.09. The number of hydrogen-bond donors (Lipinski definition) is 1. The number of rotatable bonds is 7. The lowest BCUT2D eigenvalue weighted by Gasteiger charge is -2.14. The molecule has 0 bridgehead atoms. The number of carbonyl (C=O) groups is 2. The summed E-state index contributed by atoms with van der Waals surface area (Å²) in [7, 11) is 0. The summed E-state index contributed by atoms with van der Waals surface area (Å²) in [6, 6.07) is 9.18. The number of ether oxygens (including phenoxy) is 1. The molecule has 0 heterocycles. The number of benzene rings is 2. The van der Waals surface area contributed by atoms with Crippen LogP contribution < -0.4 is 5.32 Å². The fourth-order valence-corrected chi connectivity index (χ4v) is 2.81. The Morgan fingerprint density at radius 2 is 1.96 bits per heavy atom. The first kappa shape index (κ1) is 20.7. The van der Waals surface area contributed by atoms with Gasteiger partial charge in [-0.1, -0.05) is 11.6 Å². The molecule has 0 saturated carbocycles. The topological polar surface area (TPSA) is 98.5 Å². The fourth-order valence-electron chi connectivity index (χ4n) is 1.92. The molecule has 0 saturated heterocycles. The van der Waals surface area contributed by atoms with E-state index in [9.17, 15) is 24.1 Å². The predicted octanol–water partition coefficient (Wildman–Crippen LogP) is 4.05. The number of non-ortho nitro benzene ring substituents is 1. The Labute approximate surface area is 163 Å². The average molecular weight is 413 g/mol. The Kier molecular flexibility index (Phi) is 7.14. The van der Waals surface area contributed by atoms with Crippen LogP contribution in [0, 0.1) is 15.9 Å². The molecule has 27 heavy (non-hydrogen) atoms. The third kappa shape index (κ3) is 6.22. The highest BCUT2D eigenvalue weighted by Gasteiger charge is 2.19. The van der Waals surface area contributed by atoms with E-state index in [2.05, 4.69) is 5.32 Å². The Hall–Kier alpha value is -2.65. The van der Waals surface area contributed by atoms with Crippen LogP contribution in [-0.4, -0.2) is 28.7 Å². The van der Waals surface area contributed by atoms with Gasteiger partial charge < -0.3 is 10.1 Å². The van der Waals surface area contributed by atoms with E-state index in [-0.39, 0.29) is 22.2 Å². The Morgan fingerprint density at radius 1 is 1.30 bits per heavy atom. The van der Waals surface area contributed by atoms with Gasteiger partial charge in [0, 0.05) is 17.0 Å². The highest BCUT2D eigenvalue weighted by atomic mass is 35.5. The van der Waals surface area contributed by atoms with Crippen molar-refractivity contribution in [2.45, 2.75) is 17.9 Å². The lowest BCUT2D eigenvalue weighted by atomic mass is 10.3. The number of amides is 1. The fraction of sp³-hybridized carbons (Fsp3) is 0.176. The summed E-state index contributed by atoms with van der Waals surface area (Å²) in [5.41, 5.74) is 0.151. The maximum absolute atomic E-state index is 13.0. The first-order valence-corrected chi connectivity index (χ1v) is 8.95. The molecule has 0 aliphatic heterocycles. The van der Waals surface area contributed by atoms with E-state index in [1.807, 2.05) is 0 Å². The number of anilines is 1. The molecule has 142 valence electrons. The van der Waals surface area contributed by atoms with Crippen molar-refractivity contribution in [3.63, 3.8) is 0 Å². The number of carbonyl (C=O) groups excluding carboxylic acids is 2. The maximum Gasteiger partial charge on any atom is 0.317 e. The molecule has 2 aromatic rings. The summed E-state index contributed by atoms with van der Waals surface area (Å²) in [6.45, 7) is 1.39. The van der Waals surface area contributed by atoms with Crippen molar-refractivity contribution in [1.29, 1.82) is 0 Å². The zero-order chi connectivity index (χ0) is 20.0. The van der Waals surface area contributed by atoms with Gasteiger partial charge in [0.1, 0.15) is 5.82 Å². The largest absolute Gasteiger partial charge is 0.452 e. The molecule has 2 aromatic carbocycles. The molecule has 1 atom stereocenters. The highest BCUT2D eigenvalue weighted by molar-refractivity contribution is 8.00. The van der Waals surface area contributed by atoms with Crippen molar-refractivity contribution in [2.75, 3.05) is 11.1 Å². The molecule has 0 unspecified atom stereocenters. The minimum absolute atomic E-state index is 0.0237. The smallest absolute Gasteiger partial charge is 0.317 e. The van der Waals surface area contributed by atoms with E-state index in [0.717, 1.165) is 23.9 Å². The van der Waals surface area contributed by atoms with Gasteiger partial charge in [-0.15, -0.1) is 11.8 Å². The Morgan fingerprint density at radius 3 is 2.56 bits per heavy atom. The maximum atomic E-state index is 13.0. The summed E-state index contributed by atoms with van der Waals surface area (Å²) in [5, 5.41) is 13.1. The number of hydrogen-bond acceptors (Lipinski definition) is 6. The van der Waals surface area contributed by atoms with Crippen LogP contribution >= 0.6 is 23.4 Å². The van der Waals surface area contributed by atoms with Gasteiger partial charge in [-0.3, -0.25) is 19.7 Å². The second kappa shape index (κ2) is 9.33. The molecule has 2 rings (SSSR count). The molecule has 0 fully saturated rings. The van der Waals surface area contributed by atoms with E-state index in [1.54, 1.807) is 0 Å². The van der Waals surface area contributed by atoms with Crippen LogP contribution in [0.15, 0.2) is 47.4 Å². The Bertz CT molecular complexity index is 863. The van der Waals surface area contributed by atoms with Crippen molar-refractivity contribution in [3.05, 3.63) is 63.4 Å². The lowest BCUT2D eigenvalue weighted by molar-refractivity contribution is -0.384. The molecular weight excluding hydrogens is 399 g/mol. The monoisotopic (exact) mass is 412 g/mol. The zero-order valence-corrected chi connectivity index (χ0v) is 15.6. The quantitative estimate of drug-likeness (QED) is 0.319. The molecule has 0 spiro atoms. The normalized spacial score (nSPS) is 11.5. The first-order chi connectivity index (χ1) is 12.8. The summed E-state index contributed by atoms with van der Waals surface area (Å²) in [4.78, 5) is 34.6. The van der Waals surface area contributed by atoms with Crippen molar-refractivity contribution in [2.24, 2.45) is 0 Å². The second-order valence-corrected chi connectivity index (χ2v) is 6.74. The number of halogens is 2. The van der Waals surface area contributed by atoms with Crippen LogP contribution in [0.3, 0.4) is 0 Å².